The Morgan fingerprint density at radius 1 is 1.33 bits per heavy atom. The molecule has 0 aliphatic carbocycles. The predicted octanol–water partition coefficient (Wildman–Crippen LogP) is 1.85. The van der Waals surface area contributed by atoms with Crippen molar-refractivity contribution in [2.45, 2.75) is 0 Å². The number of nitrogens with zero attached hydrogens (tertiary/aromatic N) is 3. The third kappa shape index (κ3) is 1.92. The molecule has 78 valence electrons. The summed E-state index contributed by atoms with van der Waals surface area (Å²) in [4.78, 5) is 10.6. The van der Waals surface area contributed by atoms with Crippen LogP contribution in [-0.4, -0.2) is 24.1 Å². The molecule has 2 heterocycles. The molecule has 2 N–H and O–H groups in total. The number of hydrogen-bond acceptors (Lipinski definition) is 5. The normalized spacial score (nSPS) is 10.3. The first-order valence-corrected chi connectivity index (χ1v) is 5.35. The van der Waals surface area contributed by atoms with E-state index in [1.54, 1.807) is 6.20 Å². The van der Waals surface area contributed by atoms with Crippen molar-refractivity contribution < 1.29 is 0 Å². The molecule has 0 atom stereocenters. The third-order valence-electron chi connectivity index (χ3n) is 1.93. The van der Waals surface area contributed by atoms with E-state index in [4.69, 9.17) is 5.73 Å². The number of rotatable bonds is 2. The first kappa shape index (κ1) is 9.92. The fraction of sp³-hybridized carbons (Fsp3) is 0.200. The Morgan fingerprint density at radius 2 is 2.13 bits per heavy atom. The summed E-state index contributed by atoms with van der Waals surface area (Å²) in [6.07, 6.45) is 1.74. The van der Waals surface area contributed by atoms with Crippen LogP contribution < -0.4 is 10.6 Å². The van der Waals surface area contributed by atoms with Crippen LogP contribution in [0.1, 0.15) is 0 Å². The fourth-order valence-corrected chi connectivity index (χ4v) is 1.96. The Kier molecular flexibility index (Phi) is 2.55. The molecule has 2 aromatic heterocycles. The summed E-state index contributed by atoms with van der Waals surface area (Å²) in [6, 6.07) is 5.71. The quantitative estimate of drug-likeness (QED) is 0.839. The highest BCUT2D eigenvalue weighted by molar-refractivity contribution is 7.19. The topological polar surface area (TPSA) is 55.0 Å². The molecule has 0 aliphatic rings. The molecule has 4 nitrogen and oxygen atoms in total. The third-order valence-corrected chi connectivity index (χ3v) is 2.98. The number of aromatic nitrogens is 2. The van der Waals surface area contributed by atoms with Crippen LogP contribution in [0.4, 0.5) is 10.1 Å². The number of anilines is 2. The van der Waals surface area contributed by atoms with E-state index < -0.39 is 0 Å². The van der Waals surface area contributed by atoms with Crippen LogP contribution >= 0.6 is 11.3 Å². The van der Waals surface area contributed by atoms with Gasteiger partial charge in [0.1, 0.15) is 10.7 Å². The Bertz CT molecular complexity index is 450. The molecule has 0 saturated carbocycles. The van der Waals surface area contributed by atoms with Crippen LogP contribution in [0.3, 0.4) is 0 Å². The van der Waals surface area contributed by atoms with Gasteiger partial charge >= 0.3 is 0 Å². The maximum Gasteiger partial charge on any atom is 0.187 e. The molecule has 15 heavy (non-hydrogen) atoms. The minimum atomic E-state index is 0.706. The largest absolute Gasteiger partial charge is 0.389 e. The van der Waals surface area contributed by atoms with E-state index >= 15 is 0 Å². The minimum Gasteiger partial charge on any atom is -0.389 e. The van der Waals surface area contributed by atoms with Crippen molar-refractivity contribution in [3.63, 3.8) is 0 Å². The van der Waals surface area contributed by atoms with Crippen LogP contribution in [0.25, 0.3) is 11.4 Å². The van der Waals surface area contributed by atoms with Gasteiger partial charge in [-0.1, -0.05) is 17.4 Å². The van der Waals surface area contributed by atoms with Crippen molar-refractivity contribution >= 4 is 21.5 Å². The van der Waals surface area contributed by atoms with Crippen LogP contribution in [0.5, 0.6) is 0 Å². The first-order valence-electron chi connectivity index (χ1n) is 4.53. The zero-order valence-corrected chi connectivity index (χ0v) is 9.45. The van der Waals surface area contributed by atoms with Crippen LogP contribution in [0.15, 0.2) is 24.4 Å². The molecule has 0 unspecified atom stereocenters. The monoisotopic (exact) mass is 220 g/mol. The SMILES string of the molecule is CN(C)c1nc(-c2ccccn2)c(N)s1. The lowest BCUT2D eigenvalue weighted by Crippen LogP contribution is -2.07. The van der Waals surface area contributed by atoms with E-state index in [9.17, 15) is 0 Å². The number of thiazole rings is 1. The van der Waals surface area contributed by atoms with E-state index in [1.165, 1.54) is 11.3 Å². The van der Waals surface area contributed by atoms with Crippen molar-refractivity contribution in [1.82, 2.24) is 9.97 Å². The zero-order chi connectivity index (χ0) is 10.8. The first-order chi connectivity index (χ1) is 7.18. The Hall–Kier alpha value is -1.62. The second kappa shape index (κ2) is 3.86. The molecule has 0 radical (unpaired) electrons. The molecule has 5 heteroatoms. The zero-order valence-electron chi connectivity index (χ0n) is 8.64. The summed E-state index contributed by atoms with van der Waals surface area (Å²) in [5.74, 6) is 0. The van der Waals surface area contributed by atoms with Gasteiger partial charge in [-0.2, -0.15) is 0 Å². The van der Waals surface area contributed by atoms with Gasteiger partial charge < -0.3 is 10.6 Å². The molecule has 0 fully saturated rings. The highest BCUT2D eigenvalue weighted by Crippen LogP contribution is 2.33. The molecule has 0 spiro atoms. The molecule has 2 rings (SSSR count). The Balaban J connectivity index is 2.45. The van der Waals surface area contributed by atoms with Gasteiger partial charge in [0.15, 0.2) is 5.13 Å². The van der Waals surface area contributed by atoms with Crippen LogP contribution in [0.2, 0.25) is 0 Å². The van der Waals surface area contributed by atoms with Crippen molar-refractivity contribution in [3.8, 4) is 11.4 Å². The molecule has 0 bridgehead atoms. The molecule has 0 amide bonds. The maximum atomic E-state index is 5.90. The lowest BCUT2D eigenvalue weighted by atomic mass is 10.3. The van der Waals surface area contributed by atoms with E-state index in [0.29, 0.717) is 5.00 Å². The molecule has 2 aromatic rings. The number of nitrogen functional groups attached to an aromatic ring is 1. The molecular weight excluding hydrogens is 208 g/mol. The number of nitrogens with two attached hydrogens (primary N) is 1. The van der Waals surface area contributed by atoms with Crippen LogP contribution in [0, 0.1) is 0 Å². The Morgan fingerprint density at radius 3 is 2.67 bits per heavy atom. The summed E-state index contributed by atoms with van der Waals surface area (Å²) < 4.78 is 0. The number of hydrogen-bond donors (Lipinski definition) is 1. The summed E-state index contributed by atoms with van der Waals surface area (Å²) >= 11 is 1.47. The van der Waals surface area contributed by atoms with E-state index in [2.05, 4.69) is 9.97 Å². The summed E-state index contributed by atoms with van der Waals surface area (Å²) in [7, 11) is 3.89. The van der Waals surface area contributed by atoms with Crippen molar-refractivity contribution in [1.29, 1.82) is 0 Å². The maximum absolute atomic E-state index is 5.90. The van der Waals surface area contributed by atoms with Gasteiger partial charge in [-0.05, 0) is 12.1 Å². The van der Waals surface area contributed by atoms with Gasteiger partial charge in [-0.3, -0.25) is 4.98 Å². The van der Waals surface area contributed by atoms with E-state index in [-0.39, 0.29) is 0 Å². The van der Waals surface area contributed by atoms with Crippen LogP contribution in [-0.2, 0) is 0 Å². The summed E-state index contributed by atoms with van der Waals surface area (Å²) in [5.41, 5.74) is 7.49. The highest BCUT2D eigenvalue weighted by atomic mass is 32.1. The van der Waals surface area contributed by atoms with Gasteiger partial charge in [0.2, 0.25) is 0 Å². The standard InChI is InChI=1S/C10H12N4S/c1-14(2)10-13-8(9(11)15-10)7-5-3-4-6-12-7/h3-6H,11H2,1-2H3. The number of pyridine rings is 1. The van der Waals surface area contributed by atoms with Gasteiger partial charge in [-0.15, -0.1) is 0 Å². The van der Waals surface area contributed by atoms with Gasteiger partial charge in [0.25, 0.3) is 0 Å². The summed E-state index contributed by atoms with van der Waals surface area (Å²) in [6.45, 7) is 0. The van der Waals surface area contributed by atoms with Crippen molar-refractivity contribution in [3.05, 3.63) is 24.4 Å². The second-order valence-electron chi connectivity index (χ2n) is 3.32. The van der Waals surface area contributed by atoms with E-state index in [1.807, 2.05) is 37.2 Å². The van der Waals surface area contributed by atoms with E-state index in [0.717, 1.165) is 16.5 Å². The Labute approximate surface area is 92.4 Å². The molecular formula is C10H12N4S. The van der Waals surface area contributed by atoms with Crippen molar-refractivity contribution in [2.75, 3.05) is 24.7 Å². The van der Waals surface area contributed by atoms with Crippen molar-refractivity contribution in [2.24, 2.45) is 0 Å². The molecule has 0 aliphatic heterocycles. The average Bonchev–Trinajstić information content (AvgIpc) is 2.62. The predicted molar refractivity (Wildman–Crippen MR) is 64.1 cm³/mol. The smallest absolute Gasteiger partial charge is 0.187 e. The van der Waals surface area contributed by atoms with Gasteiger partial charge in [0.05, 0.1) is 5.69 Å². The van der Waals surface area contributed by atoms with Gasteiger partial charge in [-0.25, -0.2) is 4.98 Å². The molecule has 0 saturated heterocycles. The second-order valence-corrected chi connectivity index (χ2v) is 4.33. The molecule has 0 aromatic carbocycles. The fourth-order valence-electron chi connectivity index (χ4n) is 1.20. The lowest BCUT2D eigenvalue weighted by Gasteiger charge is -2.05. The van der Waals surface area contributed by atoms with Gasteiger partial charge in [0, 0.05) is 20.3 Å². The lowest BCUT2D eigenvalue weighted by molar-refractivity contribution is 1.10. The minimum absolute atomic E-state index is 0.706. The average molecular weight is 220 g/mol. The highest BCUT2D eigenvalue weighted by Gasteiger charge is 2.11. The summed E-state index contributed by atoms with van der Waals surface area (Å²) in [5, 5.41) is 1.60.